The van der Waals surface area contributed by atoms with E-state index in [4.69, 9.17) is 26.0 Å². The maximum Gasteiger partial charge on any atom is 0.386 e. The summed E-state index contributed by atoms with van der Waals surface area (Å²) >= 11 is 0. The molecular weight excluding hydrogens is 1840 g/mol. The minimum absolute atomic E-state index is 0. The third-order valence-electron chi connectivity index (χ3n) is 17.1. The zero-order chi connectivity index (χ0) is 114. The lowest BCUT2D eigenvalue weighted by molar-refractivity contribution is -0.147. The molecule has 0 radical (unpaired) electrons. The van der Waals surface area contributed by atoms with Crippen LogP contribution in [0.4, 0.5) is 23.2 Å². The summed E-state index contributed by atoms with van der Waals surface area (Å²) in [5.74, 6) is 0.988. The lowest BCUT2D eigenvalue weighted by Crippen LogP contribution is -2.13. The molecule has 16 nitrogen and oxygen atoms in total. The average Bonchev–Trinajstić information content (AvgIpc) is 0.927. The first-order valence-electron chi connectivity index (χ1n) is 54.5. The zero-order valence-electron chi connectivity index (χ0n) is 99.4. The number of ketones is 1. The van der Waals surface area contributed by atoms with Crippen LogP contribution in [0, 0.1) is 63.3 Å². The molecule has 1 unspecified atom stereocenters. The predicted molar refractivity (Wildman–Crippen MR) is 622 cm³/mol. The molecule has 0 aromatic heterocycles. The van der Waals surface area contributed by atoms with Crippen molar-refractivity contribution in [1.29, 1.82) is 5.26 Å². The molecule has 21 heteroatoms. The predicted octanol–water partition coefficient (Wildman–Crippen LogP) is 40.3. The summed E-state index contributed by atoms with van der Waals surface area (Å²) in [6.45, 7) is 77.0. The van der Waals surface area contributed by atoms with Crippen molar-refractivity contribution in [2.45, 2.75) is 499 Å². The van der Waals surface area contributed by atoms with Crippen molar-refractivity contribution in [1.82, 2.24) is 0 Å². The highest BCUT2D eigenvalue weighted by atomic mass is 35.5. The molecule has 0 aliphatic carbocycles. The third kappa shape index (κ3) is 223. The van der Waals surface area contributed by atoms with Crippen molar-refractivity contribution in [3.05, 3.63) is 185 Å². The Labute approximate surface area is 893 Å². The van der Waals surface area contributed by atoms with Crippen LogP contribution in [0.15, 0.2) is 146 Å². The number of rotatable bonds is 42. The van der Waals surface area contributed by atoms with Crippen LogP contribution in [0.2, 0.25) is 0 Å². The lowest BCUT2D eigenvalue weighted by Gasteiger charge is -2.14. The first-order chi connectivity index (χ1) is 68.1. The van der Waals surface area contributed by atoms with Gasteiger partial charge in [-0.2, -0.15) is 18.4 Å². The van der Waals surface area contributed by atoms with E-state index in [1.165, 1.54) is 282 Å². The monoisotopic (exact) mass is 2060 g/mol. The summed E-state index contributed by atoms with van der Waals surface area (Å²) in [4.78, 5) is 74.1. The van der Waals surface area contributed by atoms with E-state index in [-0.39, 0.29) is 74.0 Å². The number of allylic oxidation sites excluding steroid dienone is 2. The Balaban J connectivity index is -0.0000000745. The number of Topliss-reactive ketones (excluding diaryl/α,β-unsaturated/α-hetero) is 1. The molecular formula is C123H226ClF4N3O13. The number of primary amides is 1. The van der Waals surface area contributed by atoms with Gasteiger partial charge in [0.15, 0.2) is 5.69 Å². The normalized spacial score (nSPS) is 9.08. The van der Waals surface area contributed by atoms with Gasteiger partial charge in [0.1, 0.15) is 23.1 Å². The molecule has 0 bridgehead atoms. The Morgan fingerprint density at radius 2 is 0.722 bits per heavy atom. The standard InChI is InChI=1S/C18H36.C13H26O2.C10H22.C8H7N.C8H8O2.C8H10O.C7H7F.C7H8.C6H12O2.C6H14.C5H10O2.C5H12.C4H8O2.C3H6O.C3H8.C2H3F3.C2H5NO.C2H3N.3C2H6.ClH.H2/c1-3-5-7-9-11-13-15-17-18-16-14-12-10-8-6-4-2;1-4-7-9-12(6-3)11-15-13(14)10-8-5-2;1-3-5-7-9-10-8-6-4-2;1-7-3-5-8(9-2)6-4-7;1-7(9)10-8-5-3-2-4-6-8;1-7-3-5-8(9-2)6-4-7;1-6-2-4-7(8)5-3-6;1-7-5-3-2-4-6-7;1-4-8-6(7)5(2)3;1-3-5-6-4-2;1-3-5(6)7-4-2;1-3-5-4-2;1-3-6-4(2)5;1-3(2)4;1-3-2;1-2(3,4)5;1-2(3)4;1-2-3;3*1-2;;/h17-18H,3-16H2,1-2H3;12H,4-11H2,1-3H3;3-10H2,1-2H3;3-6H,1H3;2-6H,1H3;3-6H,1-2H3;2-5H,1H3;2-6H,1H3;5H,4H2,1-3H3;3-6H2,1-2H3;3-4H2,1-2H3;3-5H2,1-2H3;3H2,1-2H3;1-2H3;3H2,1-2H3;1H3;1H3,(H2,3,4);1H3;3*1-2H3;2*1H/b18-17-;;;;;;;;;;;;;;;;;;;;;;. The molecule has 5 rings (SSSR count). The molecule has 0 heterocycles. The van der Waals surface area contributed by atoms with Gasteiger partial charge in [-0.15, -0.1) is 12.4 Å². The maximum absolute atomic E-state index is 12.1. The molecule has 2 N–H and O–H groups in total. The highest BCUT2D eigenvalue weighted by Crippen LogP contribution is 2.17. The SMILES string of the molecule is CC.CC.CC.CC#N.CC(=O)Oc1ccccc1.CC(C)=O.CC(F)(F)F.CC(N)=O.CCC.CCCCC.CCCCC(=O)OCC(CC)CCCC.CCCCCC.CCCCCCCC/C=C\CCCCCCCC.CCCCCCCCCC.CCOC(=O)C(C)C.CCOC(=O)CC.CCOC(C)=O.COc1ccc(C)cc1.Cc1ccc(F)cc1.Cc1ccccc1.Cl.[C-]#[N+]c1ccc(C)cc1.[HH]. The van der Waals surface area contributed by atoms with Crippen LogP contribution in [0.5, 0.6) is 11.5 Å². The molecule has 1 atom stereocenters. The van der Waals surface area contributed by atoms with Crippen molar-refractivity contribution >= 4 is 59.6 Å². The van der Waals surface area contributed by atoms with E-state index in [2.05, 4.69) is 153 Å². The number of methoxy groups -OCH3 is 1. The second-order valence-electron chi connectivity index (χ2n) is 32.5. The number of amides is 1. The molecule has 0 saturated carbocycles. The summed E-state index contributed by atoms with van der Waals surface area (Å²) in [6, 6.07) is 42.9. The summed E-state index contributed by atoms with van der Waals surface area (Å²) in [5.41, 5.74) is 10.0. The minimum atomic E-state index is -4.00. The fourth-order valence-corrected chi connectivity index (χ4v) is 9.67. The van der Waals surface area contributed by atoms with E-state index in [0.717, 1.165) is 30.6 Å². The first kappa shape index (κ1) is 174. The van der Waals surface area contributed by atoms with Gasteiger partial charge in [-0.05, 0) is 143 Å². The molecule has 0 spiro atoms. The third-order valence-corrected chi connectivity index (χ3v) is 17.1. The van der Waals surface area contributed by atoms with Crippen LogP contribution in [0.25, 0.3) is 4.85 Å². The second kappa shape index (κ2) is 159. The van der Waals surface area contributed by atoms with E-state index in [1.807, 2.05) is 154 Å². The molecule has 0 saturated heterocycles. The fraction of sp³-hybridized carbons (Fsp3) is 0.667. The van der Waals surface area contributed by atoms with E-state index < -0.39 is 6.18 Å². The number of ether oxygens (including phenoxy) is 6. The summed E-state index contributed by atoms with van der Waals surface area (Å²) in [5, 5.41) is 7.32. The number of esters is 5. The number of nitrogens with zero attached hydrogens (tertiary/aromatic N) is 2. The first-order valence-corrected chi connectivity index (χ1v) is 54.5. The van der Waals surface area contributed by atoms with E-state index in [1.54, 1.807) is 65.1 Å². The number of para-hydroxylation sites is 1. The Hall–Kier alpha value is -8.88. The topological polar surface area (TPSA) is 229 Å². The van der Waals surface area contributed by atoms with Crippen molar-refractivity contribution < 1.29 is 81.0 Å². The lowest BCUT2D eigenvalue weighted by atomic mass is 10.0. The highest BCUT2D eigenvalue weighted by molar-refractivity contribution is 5.85. The van der Waals surface area contributed by atoms with Gasteiger partial charge >= 0.3 is 36.0 Å². The maximum atomic E-state index is 12.1. The molecule has 144 heavy (non-hydrogen) atoms. The minimum Gasteiger partial charge on any atom is -0.497 e. The molecule has 1 amide bonds. The van der Waals surface area contributed by atoms with Gasteiger partial charge in [0.05, 0.1) is 52.1 Å². The smallest absolute Gasteiger partial charge is 0.386 e. The summed E-state index contributed by atoms with van der Waals surface area (Å²) < 4.78 is 71.8. The Kier molecular flexibility index (Phi) is 193. The number of nitrogens with two attached hydrogens (primary N) is 1. The van der Waals surface area contributed by atoms with Crippen LogP contribution in [-0.4, -0.2) is 81.3 Å². The molecule has 5 aromatic carbocycles. The van der Waals surface area contributed by atoms with Crippen LogP contribution in [-0.2, 0) is 52.5 Å². The number of hydrogen-bond donors (Lipinski definition) is 1. The summed E-state index contributed by atoms with van der Waals surface area (Å²) in [7, 11) is 1.67. The molecule has 5 aromatic rings. The van der Waals surface area contributed by atoms with Gasteiger partial charge < -0.3 is 38.9 Å². The largest absolute Gasteiger partial charge is 0.497 e. The second-order valence-corrected chi connectivity index (χ2v) is 32.5. The number of alkyl halides is 3. The fourth-order valence-electron chi connectivity index (χ4n) is 9.67. The molecule has 0 aliphatic rings. The van der Waals surface area contributed by atoms with Crippen LogP contribution in [0.1, 0.15) is 489 Å². The highest BCUT2D eigenvalue weighted by Gasteiger charge is 2.16. The number of unbranched alkanes of at least 4 members (excludes halogenated alkanes) is 26. The van der Waals surface area contributed by atoms with Crippen LogP contribution in [0.3, 0.4) is 0 Å². The Morgan fingerprint density at radius 1 is 0.431 bits per heavy atom. The van der Waals surface area contributed by atoms with Gasteiger partial charge in [0.25, 0.3) is 0 Å². The number of aryl methyl sites for hydroxylation is 4. The number of hydrogen-bond acceptors (Lipinski definition) is 14. The van der Waals surface area contributed by atoms with Gasteiger partial charge in [0.2, 0.25) is 5.91 Å². The number of carbonyl (C=O) groups is 7. The van der Waals surface area contributed by atoms with Gasteiger partial charge in [-0.25, -0.2) is 9.24 Å². The zero-order valence-corrected chi connectivity index (χ0v) is 100. The number of halogens is 5. The average molecular weight is 2070 g/mol. The van der Waals surface area contributed by atoms with Crippen LogP contribution >= 0.6 is 12.4 Å². The van der Waals surface area contributed by atoms with E-state index in [0.29, 0.717) is 56.6 Å². The summed E-state index contributed by atoms with van der Waals surface area (Å²) in [6.07, 6.45) is 50.6. The van der Waals surface area contributed by atoms with Crippen molar-refractivity contribution in [3.63, 3.8) is 0 Å². The van der Waals surface area contributed by atoms with E-state index >= 15 is 0 Å². The van der Waals surface area contributed by atoms with Gasteiger partial charge in [-0.1, -0.05) is 476 Å². The van der Waals surface area contributed by atoms with E-state index in [9.17, 15) is 51.1 Å². The molecule has 846 valence electrons. The molecule has 0 fully saturated rings. The Bertz CT molecular complexity index is 3280. The number of carbonyl (C=O) groups excluding carboxylic acids is 7. The van der Waals surface area contributed by atoms with Gasteiger partial charge in [0, 0.05) is 48.9 Å². The number of nitriles is 1. The number of benzene rings is 5. The Morgan fingerprint density at radius 3 is 0.951 bits per heavy atom. The quantitative estimate of drug-likeness (QED) is 0.00729. The van der Waals surface area contributed by atoms with Crippen molar-refractivity contribution in [2.75, 3.05) is 33.5 Å². The van der Waals surface area contributed by atoms with Crippen LogP contribution < -0.4 is 15.2 Å². The van der Waals surface area contributed by atoms with Crippen molar-refractivity contribution in [3.8, 4) is 17.6 Å². The van der Waals surface area contributed by atoms with Crippen molar-refractivity contribution in [2.24, 2.45) is 17.6 Å². The molecule has 0 aliphatic heterocycles. The van der Waals surface area contributed by atoms with Gasteiger partial charge in [-0.3, -0.25) is 28.8 Å².